The van der Waals surface area contributed by atoms with E-state index < -0.39 is 0 Å². The number of hydrogen-bond acceptors (Lipinski definition) is 4. The molecule has 0 radical (unpaired) electrons. The van der Waals surface area contributed by atoms with Gasteiger partial charge in [-0.2, -0.15) is 0 Å². The largest absolute Gasteiger partial charge is 0.345 e. The molecule has 1 atom stereocenters. The van der Waals surface area contributed by atoms with E-state index in [4.69, 9.17) is 0 Å². The number of carbonyl (C=O) groups is 2. The molecule has 0 aromatic carbocycles. The van der Waals surface area contributed by atoms with Gasteiger partial charge in [0, 0.05) is 50.8 Å². The minimum atomic E-state index is -0.296. The number of nitrogens with zero attached hydrogens (tertiary/aromatic N) is 4. The highest BCUT2D eigenvalue weighted by Gasteiger charge is 2.35. The second-order valence-electron chi connectivity index (χ2n) is 6.24. The minimum absolute atomic E-state index is 0.0134. The van der Waals surface area contributed by atoms with Crippen LogP contribution in [0.1, 0.15) is 23.5 Å². The van der Waals surface area contributed by atoms with Crippen molar-refractivity contribution in [1.82, 2.24) is 24.8 Å². The topological polar surface area (TPSA) is 82.2 Å². The average Bonchev–Trinajstić information content (AvgIpc) is 3.14. The number of imidazole rings is 1. The van der Waals surface area contributed by atoms with Crippen LogP contribution < -0.4 is 0 Å². The highest BCUT2D eigenvalue weighted by atomic mass is 16.2. The maximum atomic E-state index is 12.6. The first kappa shape index (κ1) is 16.2. The summed E-state index contributed by atoms with van der Waals surface area (Å²) >= 11 is 0. The molecule has 7 nitrogen and oxygen atoms in total. The van der Waals surface area contributed by atoms with Crippen LogP contribution in [0, 0.1) is 12.8 Å². The number of pyridine rings is 1. The van der Waals surface area contributed by atoms with E-state index in [0.29, 0.717) is 19.6 Å². The summed E-state index contributed by atoms with van der Waals surface area (Å²) in [5.74, 6) is 0.445. The van der Waals surface area contributed by atoms with E-state index in [1.54, 1.807) is 35.4 Å². The molecule has 0 bridgehead atoms. The number of likely N-dealkylation sites (tertiary alicyclic amines) is 1. The Kier molecular flexibility index (Phi) is 4.59. The third-order valence-corrected chi connectivity index (χ3v) is 4.18. The molecule has 3 rings (SSSR count). The summed E-state index contributed by atoms with van der Waals surface area (Å²) in [5, 5.41) is 0. The summed E-state index contributed by atoms with van der Waals surface area (Å²) in [6, 6.07) is 3.78. The zero-order valence-corrected chi connectivity index (χ0v) is 13.9. The molecule has 1 N–H and O–H groups in total. The van der Waals surface area contributed by atoms with Crippen molar-refractivity contribution in [2.45, 2.75) is 26.4 Å². The molecule has 24 heavy (non-hydrogen) atoms. The Balaban J connectivity index is 1.59. The van der Waals surface area contributed by atoms with Gasteiger partial charge in [0.2, 0.25) is 11.8 Å². The van der Waals surface area contributed by atoms with Crippen LogP contribution in [-0.2, 0) is 22.7 Å². The van der Waals surface area contributed by atoms with E-state index in [1.165, 1.54) is 0 Å². The van der Waals surface area contributed by atoms with Crippen molar-refractivity contribution in [3.63, 3.8) is 0 Å². The standard InChI is InChI=1S/C17H21N5O2/c1-12-7-19-15(20-12)11-21(2)17(24)14-6-16(23)22(10-14)9-13-4-3-5-18-8-13/h3-5,7-8,14H,6,9-11H2,1-2H3,(H,19,20). The number of aromatic amines is 1. The number of carbonyl (C=O) groups excluding carboxylic acids is 2. The Hall–Kier alpha value is -2.70. The summed E-state index contributed by atoms with van der Waals surface area (Å²) in [7, 11) is 1.74. The first-order valence-corrected chi connectivity index (χ1v) is 7.95. The monoisotopic (exact) mass is 327 g/mol. The minimum Gasteiger partial charge on any atom is -0.345 e. The number of rotatable bonds is 5. The van der Waals surface area contributed by atoms with Crippen LogP contribution in [0.3, 0.4) is 0 Å². The van der Waals surface area contributed by atoms with Crippen LogP contribution in [0.4, 0.5) is 0 Å². The van der Waals surface area contributed by atoms with E-state index in [1.807, 2.05) is 19.1 Å². The van der Waals surface area contributed by atoms with Gasteiger partial charge in [-0.05, 0) is 18.6 Å². The number of aromatic nitrogens is 3. The number of hydrogen-bond donors (Lipinski definition) is 1. The van der Waals surface area contributed by atoms with Crippen molar-refractivity contribution in [1.29, 1.82) is 0 Å². The fourth-order valence-corrected chi connectivity index (χ4v) is 2.96. The fourth-order valence-electron chi connectivity index (χ4n) is 2.96. The van der Waals surface area contributed by atoms with Gasteiger partial charge in [-0.15, -0.1) is 0 Å². The first-order valence-electron chi connectivity index (χ1n) is 7.95. The molecule has 1 fully saturated rings. The van der Waals surface area contributed by atoms with E-state index in [9.17, 15) is 9.59 Å². The van der Waals surface area contributed by atoms with E-state index in [2.05, 4.69) is 15.0 Å². The van der Waals surface area contributed by atoms with Crippen molar-refractivity contribution < 1.29 is 9.59 Å². The molecule has 126 valence electrons. The van der Waals surface area contributed by atoms with Gasteiger partial charge in [0.05, 0.1) is 12.5 Å². The van der Waals surface area contributed by atoms with Gasteiger partial charge in [-0.25, -0.2) is 4.98 Å². The number of nitrogens with one attached hydrogen (secondary N) is 1. The lowest BCUT2D eigenvalue weighted by Crippen LogP contribution is -2.34. The molecule has 0 spiro atoms. The third-order valence-electron chi connectivity index (χ3n) is 4.18. The second-order valence-corrected chi connectivity index (χ2v) is 6.24. The molecular weight excluding hydrogens is 306 g/mol. The summed E-state index contributed by atoms with van der Waals surface area (Å²) in [6.45, 7) is 3.29. The molecule has 1 aliphatic rings. The summed E-state index contributed by atoms with van der Waals surface area (Å²) in [6.07, 6.45) is 5.45. The Bertz CT molecular complexity index is 728. The molecule has 0 aliphatic carbocycles. The van der Waals surface area contributed by atoms with Crippen LogP contribution in [0.5, 0.6) is 0 Å². The molecule has 1 aliphatic heterocycles. The quantitative estimate of drug-likeness (QED) is 0.892. The molecule has 1 saturated heterocycles. The van der Waals surface area contributed by atoms with Crippen molar-refractivity contribution in [3.05, 3.63) is 47.8 Å². The normalized spacial score (nSPS) is 17.3. The second kappa shape index (κ2) is 6.82. The predicted molar refractivity (Wildman–Crippen MR) is 87.6 cm³/mol. The summed E-state index contributed by atoms with van der Waals surface area (Å²) in [4.78, 5) is 39.5. The Morgan fingerprint density at radius 1 is 1.46 bits per heavy atom. The smallest absolute Gasteiger partial charge is 0.228 e. The SMILES string of the molecule is Cc1cnc(CN(C)C(=O)C2CC(=O)N(Cc3cccnc3)C2)[nH]1. The van der Waals surface area contributed by atoms with Crippen LogP contribution in [0.25, 0.3) is 0 Å². The Labute approximate surface area is 140 Å². The molecule has 3 heterocycles. The van der Waals surface area contributed by atoms with Crippen LogP contribution in [-0.4, -0.2) is 50.2 Å². The molecular formula is C17H21N5O2. The van der Waals surface area contributed by atoms with Crippen molar-refractivity contribution in [3.8, 4) is 0 Å². The maximum Gasteiger partial charge on any atom is 0.228 e. The maximum absolute atomic E-state index is 12.6. The van der Waals surface area contributed by atoms with E-state index in [0.717, 1.165) is 17.1 Å². The zero-order valence-electron chi connectivity index (χ0n) is 13.9. The molecule has 2 amide bonds. The molecule has 0 saturated carbocycles. The van der Waals surface area contributed by atoms with Gasteiger partial charge >= 0.3 is 0 Å². The van der Waals surface area contributed by atoms with Crippen molar-refractivity contribution >= 4 is 11.8 Å². The molecule has 7 heteroatoms. The molecule has 2 aromatic heterocycles. The Morgan fingerprint density at radius 2 is 2.29 bits per heavy atom. The lowest BCUT2D eigenvalue weighted by molar-refractivity contribution is -0.135. The third kappa shape index (κ3) is 3.61. The molecule has 1 unspecified atom stereocenters. The number of aryl methyl sites for hydroxylation is 1. The molecule has 2 aromatic rings. The van der Waals surface area contributed by atoms with Crippen LogP contribution in [0.2, 0.25) is 0 Å². The zero-order chi connectivity index (χ0) is 17.1. The van der Waals surface area contributed by atoms with Gasteiger partial charge in [-0.3, -0.25) is 14.6 Å². The van der Waals surface area contributed by atoms with Gasteiger partial charge in [0.25, 0.3) is 0 Å². The van der Waals surface area contributed by atoms with E-state index in [-0.39, 0.29) is 24.2 Å². The fraction of sp³-hybridized carbons (Fsp3) is 0.412. The Morgan fingerprint density at radius 3 is 2.96 bits per heavy atom. The van der Waals surface area contributed by atoms with Gasteiger partial charge in [-0.1, -0.05) is 6.07 Å². The summed E-state index contributed by atoms with van der Waals surface area (Å²) < 4.78 is 0. The van der Waals surface area contributed by atoms with Crippen LogP contribution in [0.15, 0.2) is 30.7 Å². The van der Waals surface area contributed by atoms with E-state index >= 15 is 0 Å². The number of amides is 2. The van der Waals surface area contributed by atoms with Gasteiger partial charge in [0.15, 0.2) is 0 Å². The van der Waals surface area contributed by atoms with Crippen molar-refractivity contribution in [2.24, 2.45) is 5.92 Å². The van der Waals surface area contributed by atoms with Crippen molar-refractivity contribution in [2.75, 3.05) is 13.6 Å². The lowest BCUT2D eigenvalue weighted by Gasteiger charge is -2.20. The van der Waals surface area contributed by atoms with Gasteiger partial charge in [0.1, 0.15) is 5.82 Å². The lowest BCUT2D eigenvalue weighted by atomic mass is 10.1. The van der Waals surface area contributed by atoms with Gasteiger partial charge < -0.3 is 14.8 Å². The summed E-state index contributed by atoms with van der Waals surface area (Å²) in [5.41, 5.74) is 1.93. The highest BCUT2D eigenvalue weighted by molar-refractivity contribution is 5.89. The highest BCUT2D eigenvalue weighted by Crippen LogP contribution is 2.22. The van der Waals surface area contributed by atoms with Crippen LogP contribution >= 0.6 is 0 Å². The number of H-pyrrole nitrogens is 1. The average molecular weight is 327 g/mol. The predicted octanol–water partition coefficient (Wildman–Crippen LogP) is 1.12. The first-order chi connectivity index (χ1) is 11.5.